The quantitative estimate of drug-likeness (QED) is 0.0327. The Labute approximate surface area is 398 Å². The number of nitrogens with one attached hydrogen (secondary N) is 2. The Hall–Kier alpha value is -4.06. The van der Waals surface area contributed by atoms with E-state index in [1.807, 2.05) is 52.1 Å². The number of carbonyl (C=O) groups excluding carboxylic acids is 2. The molecule has 0 aromatic heterocycles. The summed E-state index contributed by atoms with van der Waals surface area (Å²) >= 11 is 5.98. The Morgan fingerprint density at radius 2 is 1.26 bits per heavy atom. The van der Waals surface area contributed by atoms with Crippen molar-refractivity contribution in [1.29, 1.82) is 0 Å². The molecule has 11 nitrogen and oxygen atoms in total. The predicted octanol–water partition coefficient (Wildman–Crippen LogP) is 11.6. The van der Waals surface area contributed by atoms with Gasteiger partial charge in [-0.15, -0.1) is 0 Å². The molecule has 0 bridgehead atoms. The van der Waals surface area contributed by atoms with E-state index in [9.17, 15) is 46.6 Å². The number of carboxylic acid groups (broad SMARTS) is 3. The summed E-state index contributed by atoms with van der Waals surface area (Å²) in [5, 5.41) is 32.1. The molecular formula is C44H48F4I3N3O8. The fourth-order valence-corrected chi connectivity index (χ4v) is 9.88. The number of amides is 2. The highest BCUT2D eigenvalue weighted by Gasteiger charge is 2.29. The average Bonchev–Trinajstić information content (AvgIpc) is 3.20. The fourth-order valence-electron chi connectivity index (χ4n) is 5.78. The Morgan fingerprint density at radius 3 is 1.73 bits per heavy atom. The molecule has 0 spiro atoms. The maximum absolute atomic E-state index is 13.1. The van der Waals surface area contributed by atoms with E-state index in [0.29, 0.717) is 31.4 Å². The van der Waals surface area contributed by atoms with Gasteiger partial charge in [0, 0.05) is 25.7 Å². The van der Waals surface area contributed by atoms with Crippen molar-refractivity contribution in [3.63, 3.8) is 0 Å². The first-order chi connectivity index (χ1) is 28.7. The van der Waals surface area contributed by atoms with Crippen LogP contribution in [-0.2, 0) is 26.8 Å². The highest BCUT2D eigenvalue weighted by molar-refractivity contribution is 14.1. The third-order valence-corrected chi connectivity index (χ3v) is 13.1. The van der Waals surface area contributed by atoms with Gasteiger partial charge in [-0.05, 0) is 145 Å². The number of benzene rings is 4. The molecule has 0 aliphatic rings. The van der Waals surface area contributed by atoms with Crippen LogP contribution in [0.2, 0.25) is 0 Å². The minimum atomic E-state index is -2.11. The molecule has 0 heterocycles. The van der Waals surface area contributed by atoms with Gasteiger partial charge < -0.3 is 31.7 Å². The highest BCUT2D eigenvalue weighted by Crippen LogP contribution is 2.37. The van der Waals surface area contributed by atoms with Crippen LogP contribution in [0.4, 0.5) is 34.6 Å². The molecule has 1 atom stereocenters. The van der Waals surface area contributed by atoms with E-state index in [1.165, 1.54) is 35.7 Å². The van der Waals surface area contributed by atoms with Crippen LogP contribution in [0.5, 0.6) is 0 Å². The zero-order valence-electron chi connectivity index (χ0n) is 35.1. The molecule has 4 rings (SSSR count). The van der Waals surface area contributed by atoms with Crippen LogP contribution in [0.3, 0.4) is 0 Å². The highest BCUT2D eigenvalue weighted by atomic mass is 127. The topological polar surface area (TPSA) is 196 Å². The monoisotopic (exact) mass is 1200 g/mol. The Bertz CT molecular complexity index is 2330. The van der Waals surface area contributed by atoms with E-state index in [0.717, 1.165) is 16.4 Å². The first-order valence-electron chi connectivity index (χ1n) is 19.0. The number of halogens is 7. The molecule has 0 saturated carbocycles. The van der Waals surface area contributed by atoms with Gasteiger partial charge in [-0.1, -0.05) is 72.7 Å². The average molecular weight is 1200 g/mol. The summed E-state index contributed by atoms with van der Waals surface area (Å²) in [6.07, 6.45) is 3.44. The summed E-state index contributed by atoms with van der Waals surface area (Å²) in [5.41, 5.74) is 7.00. The van der Waals surface area contributed by atoms with Gasteiger partial charge in [-0.3, -0.25) is 9.59 Å². The van der Waals surface area contributed by atoms with Gasteiger partial charge >= 0.3 is 17.9 Å². The lowest BCUT2D eigenvalue weighted by atomic mass is 9.73. The summed E-state index contributed by atoms with van der Waals surface area (Å²) in [4.78, 5) is 56.6. The molecule has 4 aromatic rings. The van der Waals surface area contributed by atoms with Crippen molar-refractivity contribution in [3.8, 4) is 0 Å². The minimum Gasteiger partial charge on any atom is -0.478 e. The number of aromatic carboxylic acids is 3. The normalized spacial score (nSPS) is 11.6. The van der Waals surface area contributed by atoms with Crippen LogP contribution in [0.15, 0.2) is 48.5 Å². The molecule has 0 aliphatic heterocycles. The third kappa shape index (κ3) is 13.7. The van der Waals surface area contributed by atoms with Crippen LogP contribution in [-0.4, -0.2) is 45.0 Å². The number of hydrogen-bond acceptors (Lipinski definition) is 6. The SMILES string of the molecule is CC(=O)Nc1c(I)cc(I)c(C(=O)O)c1I.CCC(Cc1ccc(C(C)(C)CC)cc1C(C)(C)CC)C(=O)Nc1cccc(C(=O)O)c1.Nc1c(F)c(F)c(C(=O)O)c(F)c1F. The molecule has 7 N–H and O–H groups in total. The van der Waals surface area contributed by atoms with Gasteiger partial charge in [0.2, 0.25) is 11.8 Å². The van der Waals surface area contributed by atoms with E-state index in [2.05, 4.69) is 98.7 Å². The van der Waals surface area contributed by atoms with Crippen LogP contribution >= 0.6 is 67.8 Å². The second-order valence-electron chi connectivity index (χ2n) is 15.3. The number of rotatable bonds is 13. The largest absolute Gasteiger partial charge is 0.478 e. The second-order valence-corrected chi connectivity index (χ2v) is 18.7. The van der Waals surface area contributed by atoms with Crippen molar-refractivity contribution in [2.24, 2.45) is 5.92 Å². The lowest BCUT2D eigenvalue weighted by molar-refractivity contribution is -0.120. The molecule has 0 radical (unpaired) electrons. The van der Waals surface area contributed by atoms with Crippen molar-refractivity contribution in [2.75, 3.05) is 16.4 Å². The molecule has 62 heavy (non-hydrogen) atoms. The number of anilines is 3. The zero-order valence-corrected chi connectivity index (χ0v) is 41.6. The van der Waals surface area contributed by atoms with E-state index in [-0.39, 0.29) is 39.7 Å². The molecule has 18 heteroatoms. The number of nitrogen functional groups attached to an aromatic ring is 1. The van der Waals surface area contributed by atoms with Gasteiger partial charge in [0.15, 0.2) is 23.3 Å². The summed E-state index contributed by atoms with van der Waals surface area (Å²) in [6, 6.07) is 14.9. The molecule has 1 unspecified atom stereocenters. The Kier molecular flexibility index (Phi) is 20.1. The van der Waals surface area contributed by atoms with Crippen LogP contribution < -0.4 is 16.4 Å². The molecule has 0 aliphatic carbocycles. The first kappa shape index (κ1) is 54.1. The fraction of sp³-hybridized carbons (Fsp3) is 0.341. The summed E-state index contributed by atoms with van der Waals surface area (Å²) < 4.78 is 52.7. The van der Waals surface area contributed by atoms with Gasteiger partial charge in [0.05, 0.1) is 20.4 Å². The van der Waals surface area contributed by atoms with Gasteiger partial charge in [-0.2, -0.15) is 0 Å². The standard InChI is InChI=1S/C28H39NO3.C9H6I3NO3.C7H3F4NO2/c1-8-19(25(30)29-23-13-11-12-21(17-23)26(31)32)16-20-14-15-22(27(4,5)9-2)18-24(20)28(6,7)10-3;1-3(14)13-8-5(11)2-4(10)6(7(8)12)9(15)16;8-2-1(7(13)14)3(9)5(11)6(12)4(2)10/h11-15,17-19H,8-10,16H2,1-7H3,(H,29,30)(H,31,32);2H,1H3,(H,13,14)(H,15,16);12H2,(H,13,14). The molecule has 4 aromatic carbocycles. The van der Waals surface area contributed by atoms with Crippen LogP contribution in [0.25, 0.3) is 0 Å². The molecule has 0 fully saturated rings. The lowest BCUT2D eigenvalue weighted by Gasteiger charge is -2.31. The molecular weight excluding hydrogens is 1160 g/mol. The summed E-state index contributed by atoms with van der Waals surface area (Å²) in [7, 11) is 0. The summed E-state index contributed by atoms with van der Waals surface area (Å²) in [6.45, 7) is 16.9. The predicted molar refractivity (Wildman–Crippen MR) is 256 cm³/mol. The molecule has 2 amide bonds. The van der Waals surface area contributed by atoms with E-state index in [4.69, 9.17) is 10.2 Å². The van der Waals surface area contributed by atoms with E-state index < -0.39 is 52.4 Å². The zero-order chi connectivity index (χ0) is 47.6. The lowest BCUT2D eigenvalue weighted by Crippen LogP contribution is -2.27. The van der Waals surface area contributed by atoms with Crippen molar-refractivity contribution in [3.05, 3.63) is 116 Å². The van der Waals surface area contributed by atoms with E-state index in [1.54, 1.807) is 18.2 Å². The maximum atomic E-state index is 13.1. The van der Waals surface area contributed by atoms with Crippen molar-refractivity contribution < 1.29 is 56.9 Å². The van der Waals surface area contributed by atoms with Crippen LogP contribution in [0, 0.1) is 39.9 Å². The Morgan fingerprint density at radius 1 is 0.710 bits per heavy atom. The smallest absolute Gasteiger partial charge is 0.341 e. The second kappa shape index (κ2) is 23.0. The maximum Gasteiger partial charge on any atom is 0.341 e. The van der Waals surface area contributed by atoms with Gasteiger partial charge in [-0.25, -0.2) is 31.9 Å². The molecule has 0 saturated heterocycles. The number of carboxylic acids is 3. The minimum absolute atomic E-state index is 0.0136. The van der Waals surface area contributed by atoms with Crippen LogP contribution in [0.1, 0.15) is 122 Å². The van der Waals surface area contributed by atoms with Gasteiger partial charge in [0.25, 0.3) is 0 Å². The third-order valence-electron chi connectivity index (χ3n) is 10.3. The Balaban J connectivity index is 0.000000365. The van der Waals surface area contributed by atoms with Crippen molar-refractivity contribution in [1.82, 2.24) is 0 Å². The number of nitrogens with two attached hydrogens (primary N) is 1. The number of carbonyl (C=O) groups is 5. The van der Waals surface area contributed by atoms with Gasteiger partial charge in [0.1, 0.15) is 11.3 Å². The van der Waals surface area contributed by atoms with Crippen molar-refractivity contribution >= 4 is 115 Å². The van der Waals surface area contributed by atoms with E-state index >= 15 is 0 Å². The summed E-state index contributed by atoms with van der Waals surface area (Å²) in [5.74, 6) is -12.5. The number of hydrogen-bond donors (Lipinski definition) is 6. The molecule has 336 valence electrons. The first-order valence-corrected chi connectivity index (χ1v) is 22.2. The van der Waals surface area contributed by atoms with Crippen molar-refractivity contribution in [2.45, 2.75) is 91.9 Å².